The molecule has 3 rings (SSSR count). The first-order chi connectivity index (χ1) is 9.43. The van der Waals surface area contributed by atoms with Crippen LogP contribution in [-0.4, -0.2) is 13.1 Å². The van der Waals surface area contributed by atoms with E-state index in [-0.39, 0.29) is 0 Å². The predicted molar refractivity (Wildman–Crippen MR) is 79.0 cm³/mol. The lowest BCUT2D eigenvalue weighted by Crippen LogP contribution is -2.29. The molecule has 1 aliphatic rings. The molecule has 0 spiro atoms. The zero-order valence-corrected chi connectivity index (χ0v) is 11.0. The molecule has 1 fully saturated rings. The monoisotopic (exact) mass is 252 g/mol. The van der Waals surface area contributed by atoms with Crippen LogP contribution in [-0.2, 0) is 0 Å². The molecule has 0 bridgehead atoms. The Bertz CT molecular complexity index is 448. The highest BCUT2D eigenvalue weighted by Crippen LogP contribution is 2.23. The molecule has 1 saturated heterocycles. The molecule has 0 radical (unpaired) electrons. The van der Waals surface area contributed by atoms with E-state index in [1.165, 1.54) is 11.1 Å². The maximum atomic E-state index is 3.79. The van der Waals surface area contributed by atoms with Crippen LogP contribution in [0.25, 0.3) is 0 Å². The Hall–Kier alpha value is -1.64. The molecule has 2 aromatic rings. The fourth-order valence-corrected chi connectivity index (χ4v) is 2.73. The fraction of sp³-hybridized carbons (Fsp3) is 0.294. The zero-order valence-electron chi connectivity index (χ0n) is 11.0. The standard InChI is InChI=1S/C17H20N2/c1-3-7-14(8-4-1)16-11-12-18-13-17(19-16)15-9-5-2-6-10-15/h1-10,16-19H,11-13H2. The van der Waals surface area contributed by atoms with Crippen LogP contribution in [0.15, 0.2) is 60.7 Å². The van der Waals surface area contributed by atoms with Crippen molar-refractivity contribution in [1.82, 2.24) is 10.6 Å². The van der Waals surface area contributed by atoms with Gasteiger partial charge in [0, 0.05) is 18.6 Å². The lowest BCUT2D eigenvalue weighted by atomic mass is 10.0. The quantitative estimate of drug-likeness (QED) is 0.858. The van der Waals surface area contributed by atoms with Gasteiger partial charge in [-0.2, -0.15) is 0 Å². The normalized spacial score (nSPS) is 23.8. The lowest BCUT2D eigenvalue weighted by Gasteiger charge is -2.23. The molecule has 2 heteroatoms. The largest absolute Gasteiger partial charge is 0.315 e. The molecule has 2 nitrogen and oxygen atoms in total. The van der Waals surface area contributed by atoms with Gasteiger partial charge in [0.2, 0.25) is 0 Å². The van der Waals surface area contributed by atoms with E-state index in [4.69, 9.17) is 0 Å². The summed E-state index contributed by atoms with van der Waals surface area (Å²) in [5, 5.41) is 7.32. The van der Waals surface area contributed by atoms with E-state index in [0.717, 1.165) is 19.5 Å². The van der Waals surface area contributed by atoms with Crippen molar-refractivity contribution >= 4 is 0 Å². The van der Waals surface area contributed by atoms with Crippen molar-refractivity contribution in [1.29, 1.82) is 0 Å². The van der Waals surface area contributed by atoms with E-state index < -0.39 is 0 Å². The van der Waals surface area contributed by atoms with Gasteiger partial charge in [0.1, 0.15) is 0 Å². The third-order valence-electron chi connectivity index (χ3n) is 3.76. The Balaban J connectivity index is 1.80. The first-order valence-electron chi connectivity index (χ1n) is 7.00. The van der Waals surface area contributed by atoms with Gasteiger partial charge in [0.25, 0.3) is 0 Å². The molecule has 2 unspecified atom stereocenters. The maximum absolute atomic E-state index is 3.79. The van der Waals surface area contributed by atoms with Crippen LogP contribution in [0.3, 0.4) is 0 Å². The molecule has 2 aromatic carbocycles. The summed E-state index contributed by atoms with van der Waals surface area (Å²) in [6.45, 7) is 2.06. The highest BCUT2D eigenvalue weighted by molar-refractivity contribution is 5.23. The molecule has 2 atom stereocenters. The van der Waals surface area contributed by atoms with Crippen molar-refractivity contribution in [3.63, 3.8) is 0 Å². The van der Waals surface area contributed by atoms with Gasteiger partial charge in [-0.1, -0.05) is 60.7 Å². The number of hydrogen-bond donors (Lipinski definition) is 2. The van der Waals surface area contributed by atoms with E-state index in [0.29, 0.717) is 12.1 Å². The van der Waals surface area contributed by atoms with Crippen LogP contribution >= 0.6 is 0 Å². The second-order valence-corrected chi connectivity index (χ2v) is 5.09. The van der Waals surface area contributed by atoms with Crippen molar-refractivity contribution in [3.05, 3.63) is 71.8 Å². The van der Waals surface area contributed by atoms with E-state index in [1.54, 1.807) is 0 Å². The summed E-state index contributed by atoms with van der Waals surface area (Å²) in [4.78, 5) is 0. The maximum Gasteiger partial charge on any atom is 0.0451 e. The third kappa shape index (κ3) is 3.03. The third-order valence-corrected chi connectivity index (χ3v) is 3.76. The highest BCUT2D eigenvalue weighted by atomic mass is 15.0. The summed E-state index contributed by atoms with van der Waals surface area (Å²) in [6.07, 6.45) is 1.13. The predicted octanol–water partition coefficient (Wildman–Crippen LogP) is 3.05. The lowest BCUT2D eigenvalue weighted by molar-refractivity contribution is 0.467. The van der Waals surface area contributed by atoms with Gasteiger partial charge in [-0.3, -0.25) is 0 Å². The number of benzene rings is 2. The smallest absolute Gasteiger partial charge is 0.0451 e. The first kappa shape index (κ1) is 12.4. The average Bonchev–Trinajstić information content (AvgIpc) is 2.75. The second kappa shape index (κ2) is 6.00. The van der Waals surface area contributed by atoms with Crippen LogP contribution in [0.1, 0.15) is 29.6 Å². The summed E-state index contributed by atoms with van der Waals surface area (Å²) in [7, 11) is 0. The number of rotatable bonds is 2. The van der Waals surface area contributed by atoms with Crippen LogP contribution in [0, 0.1) is 0 Å². The minimum atomic E-state index is 0.383. The number of nitrogens with one attached hydrogen (secondary N) is 2. The molecular formula is C17H20N2. The van der Waals surface area contributed by atoms with Gasteiger partial charge in [0.05, 0.1) is 0 Å². The Labute approximate surface area is 114 Å². The summed E-state index contributed by atoms with van der Waals surface area (Å²) in [5.74, 6) is 0. The van der Waals surface area contributed by atoms with Crippen molar-refractivity contribution in [3.8, 4) is 0 Å². The van der Waals surface area contributed by atoms with Crippen molar-refractivity contribution in [2.75, 3.05) is 13.1 Å². The molecule has 1 heterocycles. The van der Waals surface area contributed by atoms with Crippen LogP contribution in [0.4, 0.5) is 0 Å². The first-order valence-corrected chi connectivity index (χ1v) is 7.00. The molecule has 2 N–H and O–H groups in total. The van der Waals surface area contributed by atoms with Gasteiger partial charge >= 0.3 is 0 Å². The second-order valence-electron chi connectivity index (χ2n) is 5.09. The van der Waals surface area contributed by atoms with E-state index >= 15 is 0 Å². The molecule has 0 saturated carbocycles. The molecule has 1 aliphatic heterocycles. The SMILES string of the molecule is c1ccc(C2CCNCC(c3ccccc3)N2)cc1. The van der Waals surface area contributed by atoms with Gasteiger partial charge in [-0.15, -0.1) is 0 Å². The van der Waals surface area contributed by atoms with Gasteiger partial charge in [0.15, 0.2) is 0 Å². The van der Waals surface area contributed by atoms with Crippen molar-refractivity contribution < 1.29 is 0 Å². The number of hydrogen-bond acceptors (Lipinski definition) is 2. The van der Waals surface area contributed by atoms with Gasteiger partial charge in [-0.05, 0) is 24.1 Å². The van der Waals surface area contributed by atoms with Crippen molar-refractivity contribution in [2.24, 2.45) is 0 Å². The molecule has 0 aromatic heterocycles. The van der Waals surface area contributed by atoms with Gasteiger partial charge in [-0.25, -0.2) is 0 Å². The van der Waals surface area contributed by atoms with Crippen LogP contribution in [0.2, 0.25) is 0 Å². The Morgan fingerprint density at radius 2 is 1.32 bits per heavy atom. The summed E-state index contributed by atoms with van der Waals surface area (Å²) < 4.78 is 0. The molecule has 98 valence electrons. The highest BCUT2D eigenvalue weighted by Gasteiger charge is 2.20. The summed E-state index contributed by atoms with van der Waals surface area (Å²) in [6, 6.07) is 22.2. The van der Waals surface area contributed by atoms with E-state index in [1.807, 2.05) is 0 Å². The average molecular weight is 252 g/mol. The minimum Gasteiger partial charge on any atom is -0.315 e. The van der Waals surface area contributed by atoms with E-state index in [9.17, 15) is 0 Å². The molecular weight excluding hydrogens is 232 g/mol. The fourth-order valence-electron chi connectivity index (χ4n) is 2.73. The topological polar surface area (TPSA) is 24.1 Å². The molecule has 0 aliphatic carbocycles. The van der Waals surface area contributed by atoms with Crippen LogP contribution in [0.5, 0.6) is 0 Å². The molecule has 0 amide bonds. The summed E-state index contributed by atoms with van der Waals surface area (Å²) in [5.41, 5.74) is 2.74. The summed E-state index contributed by atoms with van der Waals surface area (Å²) >= 11 is 0. The van der Waals surface area contributed by atoms with Crippen LogP contribution < -0.4 is 10.6 Å². The van der Waals surface area contributed by atoms with Crippen molar-refractivity contribution in [2.45, 2.75) is 18.5 Å². The Kier molecular flexibility index (Phi) is 3.92. The minimum absolute atomic E-state index is 0.383. The van der Waals surface area contributed by atoms with E-state index in [2.05, 4.69) is 71.3 Å². The Morgan fingerprint density at radius 1 is 0.737 bits per heavy atom. The zero-order chi connectivity index (χ0) is 12.9. The van der Waals surface area contributed by atoms with Gasteiger partial charge < -0.3 is 10.6 Å². The molecule has 19 heavy (non-hydrogen) atoms. The Morgan fingerprint density at radius 3 is 1.95 bits per heavy atom.